The molecule has 0 unspecified atom stereocenters. The average molecular weight is 501 g/mol. The molecule has 2 aromatic heterocycles. The fourth-order valence-corrected chi connectivity index (χ4v) is 4.24. The maximum absolute atomic E-state index is 13.0. The van der Waals surface area contributed by atoms with Crippen LogP contribution in [0.1, 0.15) is 39.4 Å². The van der Waals surface area contributed by atoms with Crippen LogP contribution in [0.4, 0.5) is 24.5 Å². The van der Waals surface area contributed by atoms with Crippen molar-refractivity contribution in [1.82, 2.24) is 9.97 Å². The highest BCUT2D eigenvalue weighted by atomic mass is 19.4. The van der Waals surface area contributed by atoms with Crippen molar-refractivity contribution in [3.63, 3.8) is 0 Å². The Morgan fingerprint density at radius 3 is 2.69 bits per heavy atom. The number of carbonyl (C=O) groups is 1. The Kier molecular flexibility index (Phi) is 7.73. The predicted molar refractivity (Wildman–Crippen MR) is 130 cm³/mol. The highest BCUT2D eigenvalue weighted by Crippen LogP contribution is 2.34. The van der Waals surface area contributed by atoms with Gasteiger partial charge in [0.2, 0.25) is 0 Å². The van der Waals surface area contributed by atoms with E-state index in [0.717, 1.165) is 48.6 Å². The number of hydrogen-bond donors (Lipinski definition) is 1. The number of hydrogen-bond acceptors (Lipinski definition) is 6. The largest absolute Gasteiger partial charge is 0.489 e. The molecule has 3 aromatic rings. The Labute approximate surface area is 207 Å². The highest BCUT2D eigenvalue weighted by Gasteiger charge is 2.31. The number of nitrogens with one attached hydrogen (secondary N) is 1. The lowest BCUT2D eigenvalue weighted by Crippen LogP contribution is -2.20. The minimum absolute atomic E-state index is 0.0101. The Hall–Kier alpha value is -3.66. The van der Waals surface area contributed by atoms with Gasteiger partial charge in [-0.2, -0.15) is 13.2 Å². The second-order valence-electron chi connectivity index (χ2n) is 8.64. The number of aromatic nitrogens is 2. The molecular weight excluding hydrogens is 473 g/mol. The molecule has 1 fully saturated rings. The van der Waals surface area contributed by atoms with E-state index < -0.39 is 17.6 Å². The Morgan fingerprint density at radius 1 is 1.11 bits per heavy atom. The van der Waals surface area contributed by atoms with E-state index in [1.807, 2.05) is 25.1 Å². The lowest BCUT2D eigenvalue weighted by molar-refractivity contribution is -0.137. The van der Waals surface area contributed by atoms with E-state index in [2.05, 4.69) is 20.2 Å². The van der Waals surface area contributed by atoms with Crippen LogP contribution in [-0.2, 0) is 10.9 Å². The molecule has 1 aromatic carbocycles. The molecule has 1 aliphatic heterocycles. The molecular formula is C26H27F3N4O3. The zero-order valence-corrected chi connectivity index (χ0v) is 20.0. The van der Waals surface area contributed by atoms with Crippen molar-refractivity contribution in [1.29, 1.82) is 0 Å². The van der Waals surface area contributed by atoms with Gasteiger partial charge >= 0.3 is 6.18 Å². The van der Waals surface area contributed by atoms with Crippen LogP contribution in [0.3, 0.4) is 0 Å². The Bertz CT molecular complexity index is 1220. The summed E-state index contributed by atoms with van der Waals surface area (Å²) in [7, 11) is 1.62. The molecule has 4 rings (SSSR count). The number of aryl methyl sites for hydroxylation is 1. The number of rotatable bonds is 8. The standard InChI is InChI=1S/C26H27F3N4O3/c1-17-3-4-18(25(34)32-21-10-20(12-30-13-21)26(27,28)29)9-24(17)19-5-6-33(16-19)22-11-23(15-31-14-22)36-8-7-35-2/h3-4,9-15,19H,5-8,16H2,1-2H3,(H,32,34)/t19-/m1/s1. The number of methoxy groups -OCH3 is 1. The summed E-state index contributed by atoms with van der Waals surface area (Å²) in [5, 5.41) is 2.53. The summed E-state index contributed by atoms with van der Waals surface area (Å²) in [4.78, 5) is 22.9. The molecule has 1 saturated heterocycles. The number of alkyl halides is 3. The van der Waals surface area contributed by atoms with Gasteiger partial charge in [0.25, 0.3) is 5.91 Å². The molecule has 0 spiro atoms. The molecule has 190 valence electrons. The second-order valence-corrected chi connectivity index (χ2v) is 8.64. The molecule has 1 atom stereocenters. The molecule has 1 aliphatic rings. The maximum atomic E-state index is 13.0. The van der Waals surface area contributed by atoms with Gasteiger partial charge in [0.1, 0.15) is 12.4 Å². The molecule has 1 N–H and O–H groups in total. The molecule has 0 aliphatic carbocycles. The number of benzene rings is 1. The zero-order valence-electron chi connectivity index (χ0n) is 20.0. The molecule has 7 nitrogen and oxygen atoms in total. The third-order valence-electron chi connectivity index (χ3n) is 6.11. The van der Waals surface area contributed by atoms with Gasteiger partial charge in [-0.05, 0) is 42.7 Å². The van der Waals surface area contributed by atoms with Gasteiger partial charge in [-0.15, -0.1) is 0 Å². The van der Waals surface area contributed by atoms with Gasteiger partial charge in [-0.1, -0.05) is 6.07 Å². The van der Waals surface area contributed by atoms with Gasteiger partial charge in [-0.3, -0.25) is 14.8 Å². The average Bonchev–Trinajstić information content (AvgIpc) is 3.34. The third kappa shape index (κ3) is 6.12. The summed E-state index contributed by atoms with van der Waals surface area (Å²) in [5.74, 6) is 0.371. The van der Waals surface area contributed by atoms with Crippen molar-refractivity contribution < 1.29 is 27.4 Å². The normalized spacial score (nSPS) is 15.7. The van der Waals surface area contributed by atoms with Crippen LogP contribution in [0.25, 0.3) is 0 Å². The fraction of sp³-hybridized carbons (Fsp3) is 0.346. The maximum Gasteiger partial charge on any atom is 0.417 e. The van der Waals surface area contributed by atoms with Crippen molar-refractivity contribution in [2.24, 2.45) is 0 Å². The second kappa shape index (κ2) is 10.9. The van der Waals surface area contributed by atoms with E-state index >= 15 is 0 Å². The predicted octanol–water partition coefficient (Wildman–Crippen LogP) is 5.08. The lowest BCUT2D eigenvalue weighted by atomic mass is 9.92. The van der Waals surface area contributed by atoms with Crippen LogP contribution >= 0.6 is 0 Å². The minimum Gasteiger partial charge on any atom is -0.489 e. The first-order valence-electron chi connectivity index (χ1n) is 11.5. The van der Waals surface area contributed by atoms with E-state index in [9.17, 15) is 18.0 Å². The monoisotopic (exact) mass is 500 g/mol. The number of ether oxygens (including phenoxy) is 2. The van der Waals surface area contributed by atoms with E-state index in [1.165, 1.54) is 6.20 Å². The van der Waals surface area contributed by atoms with Crippen LogP contribution in [0.2, 0.25) is 0 Å². The van der Waals surface area contributed by atoms with Crippen molar-refractivity contribution in [2.75, 3.05) is 43.6 Å². The summed E-state index contributed by atoms with van der Waals surface area (Å²) in [6.07, 6.45) is 1.73. The van der Waals surface area contributed by atoms with Crippen molar-refractivity contribution in [2.45, 2.75) is 25.4 Å². The van der Waals surface area contributed by atoms with Crippen molar-refractivity contribution >= 4 is 17.3 Å². The van der Waals surface area contributed by atoms with Crippen LogP contribution in [0.5, 0.6) is 5.75 Å². The molecule has 0 bridgehead atoms. The summed E-state index contributed by atoms with van der Waals surface area (Å²) < 4.78 is 49.6. The van der Waals surface area contributed by atoms with Crippen LogP contribution in [-0.4, -0.2) is 49.3 Å². The number of nitrogens with zero attached hydrogens (tertiary/aromatic N) is 3. The summed E-state index contributed by atoms with van der Waals surface area (Å²) >= 11 is 0. The van der Waals surface area contributed by atoms with Crippen molar-refractivity contribution in [3.05, 3.63) is 77.4 Å². The van der Waals surface area contributed by atoms with E-state index in [-0.39, 0.29) is 11.6 Å². The number of amides is 1. The quantitative estimate of drug-likeness (QED) is 0.435. The first kappa shape index (κ1) is 25.4. The van der Waals surface area contributed by atoms with E-state index in [1.54, 1.807) is 25.6 Å². The molecule has 0 saturated carbocycles. The Morgan fingerprint density at radius 2 is 1.92 bits per heavy atom. The van der Waals surface area contributed by atoms with E-state index in [0.29, 0.717) is 24.5 Å². The Balaban J connectivity index is 1.46. The van der Waals surface area contributed by atoms with Gasteiger partial charge in [0.05, 0.1) is 42.1 Å². The van der Waals surface area contributed by atoms with Crippen molar-refractivity contribution in [3.8, 4) is 5.75 Å². The topological polar surface area (TPSA) is 76.6 Å². The summed E-state index contributed by atoms with van der Waals surface area (Å²) in [5.41, 5.74) is 2.49. The summed E-state index contributed by atoms with van der Waals surface area (Å²) in [6, 6.07) is 8.18. The minimum atomic E-state index is -4.54. The fourth-order valence-electron chi connectivity index (χ4n) is 4.24. The first-order chi connectivity index (χ1) is 17.2. The van der Waals surface area contributed by atoms with Gasteiger partial charge in [0, 0.05) is 43.9 Å². The third-order valence-corrected chi connectivity index (χ3v) is 6.11. The lowest BCUT2D eigenvalue weighted by Gasteiger charge is -2.20. The first-order valence-corrected chi connectivity index (χ1v) is 11.5. The number of halogens is 3. The SMILES string of the molecule is COCCOc1cncc(N2CC[C@@H](c3cc(C(=O)Nc4cncc(C(F)(F)F)c4)ccc3C)C2)c1. The molecule has 10 heteroatoms. The zero-order chi connectivity index (χ0) is 25.7. The van der Waals surface area contributed by atoms with Crippen LogP contribution in [0, 0.1) is 6.92 Å². The van der Waals surface area contributed by atoms with Gasteiger partial charge < -0.3 is 19.7 Å². The van der Waals surface area contributed by atoms with Gasteiger partial charge in [-0.25, -0.2) is 0 Å². The van der Waals surface area contributed by atoms with Crippen LogP contribution < -0.4 is 15.0 Å². The van der Waals surface area contributed by atoms with E-state index in [4.69, 9.17) is 9.47 Å². The molecule has 36 heavy (non-hydrogen) atoms. The number of anilines is 2. The summed E-state index contributed by atoms with van der Waals surface area (Å²) in [6.45, 7) is 4.48. The van der Waals surface area contributed by atoms with Gasteiger partial charge in [0.15, 0.2) is 0 Å². The smallest absolute Gasteiger partial charge is 0.417 e. The molecule has 3 heterocycles. The molecule has 0 radical (unpaired) electrons. The molecule has 1 amide bonds. The number of pyridine rings is 2. The highest BCUT2D eigenvalue weighted by molar-refractivity contribution is 6.04. The number of carbonyl (C=O) groups excluding carboxylic acids is 1. The van der Waals surface area contributed by atoms with Crippen LogP contribution in [0.15, 0.2) is 55.1 Å².